The molecule has 1 aromatic rings. The highest BCUT2D eigenvalue weighted by atomic mass is 16.5. The smallest absolute Gasteiger partial charge is 0.263 e. The van der Waals surface area contributed by atoms with E-state index in [2.05, 4.69) is 0 Å². The lowest BCUT2D eigenvalue weighted by molar-refractivity contribution is -0.139. The lowest BCUT2D eigenvalue weighted by atomic mass is 10.1. The Morgan fingerprint density at radius 3 is 2.65 bits per heavy atom. The van der Waals surface area contributed by atoms with Gasteiger partial charge in [0.15, 0.2) is 6.10 Å². The summed E-state index contributed by atoms with van der Waals surface area (Å²) < 4.78 is 5.85. The van der Waals surface area contributed by atoms with E-state index in [-0.39, 0.29) is 11.9 Å². The van der Waals surface area contributed by atoms with Gasteiger partial charge in [0.25, 0.3) is 5.91 Å². The Morgan fingerprint density at radius 1 is 1.35 bits per heavy atom. The van der Waals surface area contributed by atoms with Gasteiger partial charge in [0, 0.05) is 19.1 Å². The van der Waals surface area contributed by atoms with Gasteiger partial charge in [-0.2, -0.15) is 0 Å². The van der Waals surface area contributed by atoms with Crippen molar-refractivity contribution in [1.29, 1.82) is 0 Å². The minimum Gasteiger partial charge on any atom is -0.481 e. The fourth-order valence-electron chi connectivity index (χ4n) is 2.45. The van der Waals surface area contributed by atoms with Crippen LogP contribution in [0.2, 0.25) is 0 Å². The van der Waals surface area contributed by atoms with Gasteiger partial charge in [0.1, 0.15) is 5.75 Å². The van der Waals surface area contributed by atoms with Crippen molar-refractivity contribution in [1.82, 2.24) is 4.90 Å². The predicted molar refractivity (Wildman–Crippen MR) is 79.8 cm³/mol. The molecule has 4 nitrogen and oxygen atoms in total. The van der Waals surface area contributed by atoms with Crippen LogP contribution in [0.1, 0.15) is 30.9 Å². The second-order valence-corrected chi connectivity index (χ2v) is 5.69. The predicted octanol–water partition coefficient (Wildman–Crippen LogP) is 2.02. The molecule has 1 aromatic carbocycles. The van der Waals surface area contributed by atoms with Gasteiger partial charge < -0.3 is 15.4 Å². The van der Waals surface area contributed by atoms with Crippen LogP contribution in [0.5, 0.6) is 5.75 Å². The molecule has 0 aromatic heterocycles. The van der Waals surface area contributed by atoms with E-state index in [1.54, 1.807) is 0 Å². The van der Waals surface area contributed by atoms with Gasteiger partial charge in [0.2, 0.25) is 0 Å². The number of aryl methyl sites for hydroxylation is 2. The Balaban J connectivity index is 1.98. The summed E-state index contributed by atoms with van der Waals surface area (Å²) >= 11 is 0. The first-order valence-electron chi connectivity index (χ1n) is 7.25. The molecule has 1 aliphatic heterocycles. The molecule has 1 unspecified atom stereocenters. The number of likely N-dealkylation sites (tertiary alicyclic amines) is 1. The number of carbonyl (C=O) groups excluding carboxylic acids is 1. The average Bonchev–Trinajstić information content (AvgIpc) is 2.43. The first-order valence-corrected chi connectivity index (χ1v) is 7.25. The Labute approximate surface area is 120 Å². The van der Waals surface area contributed by atoms with Crippen LogP contribution in [0.15, 0.2) is 18.2 Å². The van der Waals surface area contributed by atoms with E-state index in [0.29, 0.717) is 0 Å². The highest BCUT2D eigenvalue weighted by molar-refractivity contribution is 5.81. The molecule has 2 rings (SSSR count). The van der Waals surface area contributed by atoms with Crippen LogP contribution >= 0.6 is 0 Å². The Hall–Kier alpha value is -1.55. The quantitative estimate of drug-likeness (QED) is 0.919. The number of hydrogen-bond donors (Lipinski definition) is 1. The van der Waals surface area contributed by atoms with Gasteiger partial charge in [0.05, 0.1) is 0 Å². The summed E-state index contributed by atoms with van der Waals surface area (Å²) in [6.45, 7) is 7.30. The monoisotopic (exact) mass is 276 g/mol. The van der Waals surface area contributed by atoms with E-state index in [0.717, 1.165) is 42.8 Å². The Morgan fingerprint density at radius 2 is 2.00 bits per heavy atom. The first-order chi connectivity index (χ1) is 9.47. The third-order valence-electron chi connectivity index (χ3n) is 3.85. The lowest BCUT2D eigenvalue weighted by Crippen LogP contribution is -2.47. The molecule has 20 heavy (non-hydrogen) atoms. The molecule has 0 saturated carbocycles. The minimum absolute atomic E-state index is 0.0535. The summed E-state index contributed by atoms with van der Waals surface area (Å²) in [5.41, 5.74) is 8.05. The maximum atomic E-state index is 12.4. The van der Waals surface area contributed by atoms with Gasteiger partial charge in [-0.3, -0.25) is 4.79 Å². The molecule has 0 radical (unpaired) electrons. The van der Waals surface area contributed by atoms with Crippen molar-refractivity contribution in [2.45, 2.75) is 45.8 Å². The van der Waals surface area contributed by atoms with Crippen LogP contribution in [0, 0.1) is 13.8 Å². The van der Waals surface area contributed by atoms with Crippen LogP contribution in [-0.4, -0.2) is 36.0 Å². The maximum absolute atomic E-state index is 12.4. The molecule has 1 amide bonds. The molecule has 0 bridgehead atoms. The number of rotatable bonds is 3. The highest BCUT2D eigenvalue weighted by Crippen LogP contribution is 2.21. The summed E-state index contributed by atoms with van der Waals surface area (Å²) in [7, 11) is 0. The van der Waals surface area contributed by atoms with Crippen molar-refractivity contribution < 1.29 is 9.53 Å². The molecule has 1 heterocycles. The second kappa shape index (κ2) is 6.27. The van der Waals surface area contributed by atoms with E-state index >= 15 is 0 Å². The second-order valence-electron chi connectivity index (χ2n) is 5.69. The lowest BCUT2D eigenvalue weighted by Gasteiger charge is -2.32. The number of piperidine rings is 1. The first kappa shape index (κ1) is 14.9. The normalized spacial score (nSPS) is 17.9. The van der Waals surface area contributed by atoms with Crippen molar-refractivity contribution in [2.75, 3.05) is 13.1 Å². The van der Waals surface area contributed by atoms with Crippen molar-refractivity contribution >= 4 is 5.91 Å². The topological polar surface area (TPSA) is 55.6 Å². The van der Waals surface area contributed by atoms with Gasteiger partial charge in [-0.25, -0.2) is 0 Å². The van der Waals surface area contributed by atoms with Crippen LogP contribution in [0.3, 0.4) is 0 Å². The molecule has 2 N–H and O–H groups in total. The molecular weight excluding hydrogens is 252 g/mol. The summed E-state index contributed by atoms with van der Waals surface area (Å²) in [4.78, 5) is 14.2. The van der Waals surface area contributed by atoms with Crippen LogP contribution in [-0.2, 0) is 4.79 Å². The zero-order valence-electron chi connectivity index (χ0n) is 12.6. The third kappa shape index (κ3) is 3.51. The molecule has 0 spiro atoms. The molecule has 0 aliphatic carbocycles. The Bertz CT molecular complexity index is 479. The van der Waals surface area contributed by atoms with Crippen molar-refractivity contribution in [3.8, 4) is 5.75 Å². The van der Waals surface area contributed by atoms with Gasteiger partial charge in [-0.15, -0.1) is 0 Å². The molecule has 1 atom stereocenters. The number of nitrogens with two attached hydrogens (primary N) is 1. The largest absolute Gasteiger partial charge is 0.481 e. The highest BCUT2D eigenvalue weighted by Gasteiger charge is 2.25. The zero-order chi connectivity index (χ0) is 14.7. The maximum Gasteiger partial charge on any atom is 0.263 e. The van der Waals surface area contributed by atoms with Crippen LogP contribution in [0.4, 0.5) is 0 Å². The van der Waals surface area contributed by atoms with Crippen molar-refractivity contribution in [2.24, 2.45) is 5.73 Å². The van der Waals surface area contributed by atoms with E-state index in [1.807, 2.05) is 43.9 Å². The van der Waals surface area contributed by atoms with Crippen LogP contribution in [0.25, 0.3) is 0 Å². The number of hydrogen-bond acceptors (Lipinski definition) is 3. The average molecular weight is 276 g/mol. The van der Waals surface area contributed by atoms with E-state index in [9.17, 15) is 4.79 Å². The van der Waals surface area contributed by atoms with Gasteiger partial charge >= 0.3 is 0 Å². The van der Waals surface area contributed by atoms with E-state index < -0.39 is 6.10 Å². The number of carbonyl (C=O) groups is 1. The molecule has 1 aliphatic rings. The Kier molecular flexibility index (Phi) is 4.65. The minimum atomic E-state index is -0.454. The molecule has 1 fully saturated rings. The summed E-state index contributed by atoms with van der Waals surface area (Å²) in [5.74, 6) is 0.845. The SMILES string of the molecule is Cc1ccc(C)c(OC(C)C(=O)N2CCC(N)CC2)c1. The molecule has 4 heteroatoms. The summed E-state index contributed by atoms with van der Waals surface area (Å²) in [6.07, 6.45) is 1.30. The van der Waals surface area contributed by atoms with E-state index in [1.165, 1.54) is 0 Å². The van der Waals surface area contributed by atoms with Crippen LogP contribution < -0.4 is 10.5 Å². The van der Waals surface area contributed by atoms with Gasteiger partial charge in [-0.05, 0) is 50.8 Å². The summed E-state index contributed by atoms with van der Waals surface area (Å²) in [6, 6.07) is 6.27. The number of ether oxygens (including phenoxy) is 1. The van der Waals surface area contributed by atoms with Gasteiger partial charge in [-0.1, -0.05) is 12.1 Å². The van der Waals surface area contributed by atoms with Crippen molar-refractivity contribution in [3.63, 3.8) is 0 Å². The molecular formula is C16H24N2O2. The fraction of sp³-hybridized carbons (Fsp3) is 0.562. The number of amides is 1. The zero-order valence-corrected chi connectivity index (χ0v) is 12.6. The molecule has 110 valence electrons. The third-order valence-corrected chi connectivity index (χ3v) is 3.85. The fourth-order valence-corrected chi connectivity index (χ4v) is 2.45. The number of benzene rings is 1. The van der Waals surface area contributed by atoms with E-state index in [4.69, 9.17) is 10.5 Å². The number of nitrogens with zero attached hydrogens (tertiary/aromatic N) is 1. The molecule has 1 saturated heterocycles. The van der Waals surface area contributed by atoms with Crippen molar-refractivity contribution in [3.05, 3.63) is 29.3 Å². The standard InChI is InChI=1S/C16H24N2O2/c1-11-4-5-12(2)15(10-11)20-13(3)16(19)18-8-6-14(17)7-9-18/h4-5,10,13-14H,6-9,17H2,1-3H3. The summed E-state index contributed by atoms with van der Waals surface area (Å²) in [5, 5.41) is 0.